The molecule has 1 N–H and O–H groups in total. The maximum absolute atomic E-state index is 14.0. The Hall–Kier alpha value is -3.02. The molecule has 3 aromatic rings. The summed E-state index contributed by atoms with van der Waals surface area (Å²) in [4.78, 5) is 25.8. The lowest BCUT2D eigenvalue weighted by atomic mass is 9.83. The molecule has 0 aliphatic heterocycles. The Morgan fingerprint density at radius 3 is 2.15 bits per heavy atom. The highest BCUT2D eigenvalue weighted by Crippen LogP contribution is 2.41. The summed E-state index contributed by atoms with van der Waals surface area (Å²) in [5.41, 5.74) is -0.369. The van der Waals surface area contributed by atoms with E-state index in [1.807, 2.05) is 57.2 Å². The highest BCUT2D eigenvalue weighted by Gasteiger charge is 2.34. The van der Waals surface area contributed by atoms with Crippen LogP contribution in [0.2, 0.25) is 0 Å². The molecule has 2 aromatic carbocycles. The summed E-state index contributed by atoms with van der Waals surface area (Å²) < 4.78 is 8.11. The Morgan fingerprint density at radius 2 is 1.65 bits per heavy atom. The molecular weight excluding hydrogens is 428 g/mol. The fraction of sp³-hybridized carbons (Fsp3) is 0.500. The van der Waals surface area contributed by atoms with Crippen LogP contribution in [0.1, 0.15) is 73.0 Å². The number of carboxylic acid groups (broad SMARTS) is 1. The average molecular weight is 466 g/mol. The van der Waals surface area contributed by atoms with Gasteiger partial charge in [-0.25, -0.2) is 0 Å². The topological polar surface area (TPSA) is 83.4 Å². The molecule has 1 heterocycles. The van der Waals surface area contributed by atoms with E-state index in [2.05, 4.69) is 33.0 Å². The zero-order valence-electron chi connectivity index (χ0n) is 21.5. The number of rotatable bonds is 7. The summed E-state index contributed by atoms with van der Waals surface area (Å²) in [5, 5.41) is 17.6. The smallest absolute Gasteiger partial charge is 0.258 e. The Labute approximate surface area is 201 Å². The van der Waals surface area contributed by atoms with Gasteiger partial charge in [-0.15, -0.1) is 0 Å². The van der Waals surface area contributed by atoms with Gasteiger partial charge in [0, 0.05) is 11.9 Å². The highest BCUT2D eigenvalue weighted by atomic mass is 16.5. The zero-order valence-corrected chi connectivity index (χ0v) is 21.5. The van der Waals surface area contributed by atoms with Crippen molar-refractivity contribution in [2.75, 3.05) is 6.61 Å². The van der Waals surface area contributed by atoms with Gasteiger partial charge < -0.3 is 24.5 Å². The quantitative estimate of drug-likeness (QED) is 0.374. The van der Waals surface area contributed by atoms with Gasteiger partial charge in [0.2, 0.25) is 0 Å². The molecule has 1 amide bonds. The standard InChI is InChI=1S/C28H38N2O4/c1-8-9-14-34-23-20-15-18-12-10-11-13-19(18)16-21(20)25(31)30(17-27(2,3)4)22(23)24(28(5,6)7)29-26(32)33/h10-13,15-16,24,29H,8-9,14,17H2,1-7H3,(H,32,33)/p-1. The Kier molecular flexibility index (Phi) is 7.29. The van der Waals surface area contributed by atoms with Crippen LogP contribution in [0.3, 0.4) is 0 Å². The summed E-state index contributed by atoms with van der Waals surface area (Å²) in [5.74, 6) is 0.562. The summed E-state index contributed by atoms with van der Waals surface area (Å²) in [6.07, 6.45) is 0.423. The van der Waals surface area contributed by atoms with E-state index < -0.39 is 17.6 Å². The van der Waals surface area contributed by atoms with Gasteiger partial charge in [-0.05, 0) is 40.2 Å². The van der Waals surface area contributed by atoms with Crippen molar-refractivity contribution in [1.29, 1.82) is 0 Å². The van der Waals surface area contributed by atoms with Crippen LogP contribution >= 0.6 is 0 Å². The number of unbranched alkanes of at least 4 members (excludes halogenated alkanes) is 1. The number of carbonyl (C=O) groups excluding carboxylic acids is 1. The van der Waals surface area contributed by atoms with Crippen LogP contribution < -0.4 is 20.7 Å². The minimum absolute atomic E-state index is 0.150. The van der Waals surface area contributed by atoms with E-state index in [-0.39, 0.29) is 11.0 Å². The molecule has 6 nitrogen and oxygen atoms in total. The normalized spacial score (nSPS) is 13.3. The van der Waals surface area contributed by atoms with Crippen LogP contribution in [0.4, 0.5) is 4.79 Å². The Bertz CT molecular complexity index is 1250. The molecule has 0 aliphatic rings. The number of aromatic nitrogens is 1. The van der Waals surface area contributed by atoms with Gasteiger partial charge in [0.05, 0.1) is 23.7 Å². The van der Waals surface area contributed by atoms with Crippen molar-refractivity contribution in [2.45, 2.75) is 73.9 Å². The Morgan fingerprint density at radius 1 is 1.06 bits per heavy atom. The van der Waals surface area contributed by atoms with Crippen molar-refractivity contribution in [2.24, 2.45) is 10.8 Å². The summed E-state index contributed by atoms with van der Waals surface area (Å²) in [6.45, 7) is 15.0. The average Bonchev–Trinajstić information content (AvgIpc) is 2.73. The number of nitrogens with zero attached hydrogens (tertiary/aromatic N) is 1. The number of pyridine rings is 1. The number of hydrogen-bond acceptors (Lipinski definition) is 4. The number of nitrogens with one attached hydrogen (secondary N) is 1. The van der Waals surface area contributed by atoms with Crippen molar-refractivity contribution in [1.82, 2.24) is 9.88 Å². The van der Waals surface area contributed by atoms with Gasteiger partial charge in [-0.2, -0.15) is 0 Å². The summed E-state index contributed by atoms with van der Waals surface area (Å²) in [6, 6.07) is 11.1. The van der Waals surface area contributed by atoms with E-state index in [9.17, 15) is 14.7 Å². The van der Waals surface area contributed by atoms with Crippen LogP contribution in [-0.4, -0.2) is 17.3 Å². The van der Waals surface area contributed by atoms with E-state index in [1.54, 1.807) is 4.57 Å². The van der Waals surface area contributed by atoms with Crippen molar-refractivity contribution in [3.8, 4) is 5.75 Å². The second-order valence-corrected chi connectivity index (χ2v) is 11.3. The van der Waals surface area contributed by atoms with E-state index in [1.165, 1.54) is 0 Å². The molecule has 34 heavy (non-hydrogen) atoms. The minimum Gasteiger partial charge on any atom is -0.530 e. The van der Waals surface area contributed by atoms with Crippen molar-refractivity contribution in [3.05, 3.63) is 52.4 Å². The third-order valence-corrected chi connectivity index (χ3v) is 5.91. The fourth-order valence-electron chi connectivity index (χ4n) is 4.32. The maximum Gasteiger partial charge on any atom is 0.258 e. The second-order valence-electron chi connectivity index (χ2n) is 11.3. The molecule has 0 saturated carbocycles. The van der Waals surface area contributed by atoms with Crippen LogP contribution in [0.15, 0.2) is 41.2 Å². The van der Waals surface area contributed by atoms with Crippen molar-refractivity contribution >= 4 is 27.6 Å². The van der Waals surface area contributed by atoms with Gasteiger partial charge in [0.1, 0.15) is 11.8 Å². The van der Waals surface area contributed by atoms with Gasteiger partial charge in [-0.3, -0.25) is 4.79 Å². The number of benzene rings is 2. The molecule has 6 heteroatoms. The van der Waals surface area contributed by atoms with Gasteiger partial charge in [-0.1, -0.05) is 79.2 Å². The van der Waals surface area contributed by atoms with Gasteiger partial charge >= 0.3 is 0 Å². The minimum atomic E-state index is -1.38. The first-order chi connectivity index (χ1) is 15.8. The van der Waals surface area contributed by atoms with Crippen LogP contribution in [0.25, 0.3) is 21.5 Å². The molecular formula is C28H37N2O4-. The molecule has 0 saturated heterocycles. The number of ether oxygens (including phenoxy) is 1. The first kappa shape index (κ1) is 25.6. The first-order valence-corrected chi connectivity index (χ1v) is 12.0. The molecule has 0 bridgehead atoms. The number of carbonyl (C=O) groups is 1. The molecule has 0 aliphatic carbocycles. The molecule has 0 spiro atoms. The van der Waals surface area contributed by atoms with Crippen LogP contribution in [0, 0.1) is 10.8 Å². The first-order valence-electron chi connectivity index (χ1n) is 12.0. The number of fused-ring (bicyclic) bond motifs is 2. The van der Waals surface area contributed by atoms with E-state index in [0.717, 1.165) is 23.6 Å². The second kappa shape index (κ2) is 9.69. The van der Waals surface area contributed by atoms with Crippen molar-refractivity contribution in [3.63, 3.8) is 0 Å². The number of amides is 1. The van der Waals surface area contributed by atoms with Gasteiger partial charge in [0.15, 0.2) is 0 Å². The third-order valence-electron chi connectivity index (χ3n) is 5.91. The maximum atomic E-state index is 14.0. The summed E-state index contributed by atoms with van der Waals surface area (Å²) in [7, 11) is 0. The Balaban J connectivity index is 2.50. The highest BCUT2D eigenvalue weighted by molar-refractivity contribution is 6.01. The lowest BCUT2D eigenvalue weighted by Crippen LogP contribution is -2.46. The van der Waals surface area contributed by atoms with Gasteiger partial charge in [0.25, 0.3) is 5.56 Å². The molecule has 1 atom stereocenters. The van der Waals surface area contributed by atoms with Crippen LogP contribution in [-0.2, 0) is 6.54 Å². The molecule has 1 unspecified atom stereocenters. The SMILES string of the molecule is CCCCOc1c(C(NC(=O)[O-])C(C)(C)C)n(CC(C)(C)C)c(=O)c2cc3ccccc3cc12. The van der Waals surface area contributed by atoms with Crippen molar-refractivity contribution < 1.29 is 14.6 Å². The lowest BCUT2D eigenvalue weighted by Gasteiger charge is -2.37. The predicted molar refractivity (Wildman–Crippen MR) is 136 cm³/mol. The monoisotopic (exact) mass is 465 g/mol. The molecule has 0 fully saturated rings. The molecule has 0 radical (unpaired) electrons. The number of hydrogen-bond donors (Lipinski definition) is 1. The lowest BCUT2D eigenvalue weighted by molar-refractivity contribution is -0.252. The molecule has 184 valence electrons. The zero-order chi connectivity index (χ0) is 25.3. The molecule has 1 aromatic heterocycles. The molecule has 3 rings (SSSR count). The van der Waals surface area contributed by atoms with Crippen LogP contribution in [0.5, 0.6) is 5.75 Å². The summed E-state index contributed by atoms with van der Waals surface area (Å²) >= 11 is 0. The van der Waals surface area contributed by atoms with E-state index in [4.69, 9.17) is 4.74 Å². The predicted octanol–water partition coefficient (Wildman–Crippen LogP) is 5.40. The largest absolute Gasteiger partial charge is 0.530 e. The third kappa shape index (κ3) is 5.54. The van der Waals surface area contributed by atoms with E-state index >= 15 is 0 Å². The van der Waals surface area contributed by atoms with E-state index in [0.29, 0.717) is 35.4 Å². The fourth-order valence-corrected chi connectivity index (χ4v) is 4.32.